The van der Waals surface area contributed by atoms with Crippen molar-refractivity contribution in [2.45, 2.75) is 38.3 Å². The third kappa shape index (κ3) is 2.01. The molecule has 6 nitrogen and oxygen atoms in total. The Hall–Kier alpha value is -2.11. The molecule has 1 saturated carbocycles. The fourth-order valence-electron chi connectivity index (χ4n) is 2.95. The molecule has 0 amide bonds. The Balaban J connectivity index is 1.62. The lowest BCUT2D eigenvalue weighted by Crippen LogP contribution is -2.30. The monoisotopic (exact) mass is 270 g/mol. The van der Waals surface area contributed by atoms with Gasteiger partial charge < -0.3 is 10.6 Å². The lowest BCUT2D eigenvalue weighted by molar-refractivity contribution is 0.567. The molecule has 2 aliphatic rings. The molecule has 1 aromatic carbocycles. The van der Waals surface area contributed by atoms with Gasteiger partial charge in [-0.3, -0.25) is 0 Å². The van der Waals surface area contributed by atoms with Gasteiger partial charge in [0.1, 0.15) is 0 Å². The number of hydrogen-bond acceptors (Lipinski definition) is 5. The number of benzene rings is 1. The van der Waals surface area contributed by atoms with Gasteiger partial charge in [0, 0.05) is 17.9 Å². The van der Waals surface area contributed by atoms with Gasteiger partial charge in [0.05, 0.1) is 12.6 Å². The van der Waals surface area contributed by atoms with E-state index in [1.807, 2.05) is 10.7 Å². The molecule has 6 heteroatoms. The highest BCUT2D eigenvalue weighted by Gasteiger charge is 2.29. The van der Waals surface area contributed by atoms with Crippen LogP contribution in [0.5, 0.6) is 0 Å². The third-order valence-electron chi connectivity index (χ3n) is 4.10. The smallest absolute Gasteiger partial charge is 0.170 e. The molecule has 2 N–H and O–H groups in total. The minimum atomic E-state index is 0.524. The van der Waals surface area contributed by atoms with Gasteiger partial charge in [-0.25, -0.2) is 4.68 Å². The summed E-state index contributed by atoms with van der Waals surface area (Å²) in [6.45, 7) is 1.83. The molecule has 0 bridgehead atoms. The van der Waals surface area contributed by atoms with Crippen LogP contribution in [0.2, 0.25) is 0 Å². The van der Waals surface area contributed by atoms with E-state index >= 15 is 0 Å². The maximum atomic E-state index is 5.88. The molecular formula is C14H18N6. The summed E-state index contributed by atoms with van der Waals surface area (Å²) in [5.74, 6) is 0.970. The van der Waals surface area contributed by atoms with Crippen molar-refractivity contribution in [3.8, 4) is 0 Å². The Bertz CT molecular complexity index is 630. The van der Waals surface area contributed by atoms with Gasteiger partial charge in [-0.15, -0.1) is 5.10 Å². The molecule has 0 saturated heterocycles. The van der Waals surface area contributed by atoms with E-state index in [4.69, 9.17) is 5.73 Å². The molecule has 1 aliphatic heterocycles. The molecule has 0 atom stereocenters. The highest BCUT2D eigenvalue weighted by atomic mass is 15.6. The Morgan fingerprint density at radius 1 is 1.30 bits per heavy atom. The van der Waals surface area contributed by atoms with Crippen molar-refractivity contribution >= 4 is 11.4 Å². The van der Waals surface area contributed by atoms with Crippen molar-refractivity contribution in [1.29, 1.82) is 0 Å². The molecule has 1 aromatic heterocycles. The number of tetrazole rings is 1. The van der Waals surface area contributed by atoms with E-state index in [1.165, 1.54) is 24.1 Å². The number of rotatable bonds is 3. The van der Waals surface area contributed by atoms with Crippen LogP contribution in [0.3, 0.4) is 0 Å². The number of aromatic nitrogens is 4. The van der Waals surface area contributed by atoms with Crippen LogP contribution in [0, 0.1) is 0 Å². The first-order valence-electron chi connectivity index (χ1n) is 7.21. The van der Waals surface area contributed by atoms with E-state index in [0.29, 0.717) is 6.04 Å². The fraction of sp³-hybridized carbons (Fsp3) is 0.500. The van der Waals surface area contributed by atoms with E-state index < -0.39 is 0 Å². The van der Waals surface area contributed by atoms with E-state index in [1.54, 1.807) is 0 Å². The Labute approximate surface area is 117 Å². The minimum Gasteiger partial charge on any atom is -0.399 e. The Morgan fingerprint density at radius 2 is 2.20 bits per heavy atom. The van der Waals surface area contributed by atoms with Gasteiger partial charge in [0.15, 0.2) is 5.82 Å². The Morgan fingerprint density at radius 3 is 3.05 bits per heavy atom. The summed E-state index contributed by atoms with van der Waals surface area (Å²) < 4.78 is 1.99. The van der Waals surface area contributed by atoms with Gasteiger partial charge in [0.2, 0.25) is 0 Å². The van der Waals surface area contributed by atoms with Crippen LogP contribution in [-0.4, -0.2) is 26.8 Å². The summed E-state index contributed by atoms with van der Waals surface area (Å²) in [6.07, 6.45) is 4.65. The van der Waals surface area contributed by atoms with Crippen LogP contribution in [0.25, 0.3) is 0 Å². The second-order valence-electron chi connectivity index (χ2n) is 5.68. The van der Waals surface area contributed by atoms with Crippen LogP contribution in [0.1, 0.15) is 36.7 Å². The molecule has 4 rings (SSSR count). The van der Waals surface area contributed by atoms with Gasteiger partial charge >= 0.3 is 0 Å². The average molecular weight is 270 g/mol. The largest absolute Gasteiger partial charge is 0.399 e. The zero-order chi connectivity index (χ0) is 13.5. The van der Waals surface area contributed by atoms with Crippen LogP contribution in [0.4, 0.5) is 11.4 Å². The number of nitrogen functional groups attached to an aromatic ring is 1. The molecule has 0 spiro atoms. The molecule has 104 valence electrons. The van der Waals surface area contributed by atoms with Crippen molar-refractivity contribution in [2.75, 3.05) is 17.2 Å². The van der Waals surface area contributed by atoms with Crippen LogP contribution in [0.15, 0.2) is 18.2 Å². The summed E-state index contributed by atoms with van der Waals surface area (Å²) in [4.78, 5) is 2.36. The number of nitrogens with zero attached hydrogens (tertiary/aromatic N) is 5. The van der Waals surface area contributed by atoms with E-state index in [2.05, 4.69) is 32.6 Å². The summed E-state index contributed by atoms with van der Waals surface area (Å²) in [5.41, 5.74) is 9.33. The Kier molecular flexibility index (Phi) is 2.61. The number of nitrogens with two attached hydrogens (primary N) is 1. The molecule has 20 heavy (non-hydrogen) atoms. The topological polar surface area (TPSA) is 72.9 Å². The number of aryl methyl sites for hydroxylation is 1. The summed E-state index contributed by atoms with van der Waals surface area (Å²) >= 11 is 0. The van der Waals surface area contributed by atoms with Crippen LogP contribution >= 0.6 is 0 Å². The third-order valence-corrected chi connectivity index (χ3v) is 4.10. The standard InChI is InChI=1S/C14H18N6/c15-11-3-6-13-10(8-11)2-1-7-19(13)9-14-16-17-18-20(14)12-4-5-12/h3,6,8,12H,1-2,4-5,7,9,15H2. The predicted molar refractivity (Wildman–Crippen MR) is 76.3 cm³/mol. The minimum absolute atomic E-state index is 0.524. The van der Waals surface area contributed by atoms with Gasteiger partial charge in [-0.05, 0) is 59.9 Å². The van der Waals surface area contributed by atoms with Crippen molar-refractivity contribution in [2.24, 2.45) is 0 Å². The number of hydrogen-bond donors (Lipinski definition) is 1. The molecule has 2 aromatic rings. The molecule has 1 aliphatic carbocycles. The molecular weight excluding hydrogens is 252 g/mol. The average Bonchev–Trinajstić information content (AvgIpc) is 3.19. The van der Waals surface area contributed by atoms with Crippen LogP contribution < -0.4 is 10.6 Å². The maximum absolute atomic E-state index is 5.88. The van der Waals surface area contributed by atoms with E-state index in [0.717, 1.165) is 37.4 Å². The van der Waals surface area contributed by atoms with Crippen molar-refractivity contribution in [3.05, 3.63) is 29.6 Å². The zero-order valence-corrected chi connectivity index (χ0v) is 11.4. The fourth-order valence-corrected chi connectivity index (χ4v) is 2.95. The van der Waals surface area contributed by atoms with Crippen LogP contribution in [-0.2, 0) is 13.0 Å². The summed E-state index contributed by atoms with van der Waals surface area (Å²) in [5, 5.41) is 12.2. The van der Waals surface area contributed by atoms with Gasteiger partial charge in [-0.1, -0.05) is 0 Å². The quantitative estimate of drug-likeness (QED) is 0.856. The maximum Gasteiger partial charge on any atom is 0.170 e. The molecule has 0 unspecified atom stereocenters. The number of fused-ring (bicyclic) bond motifs is 1. The van der Waals surface area contributed by atoms with Gasteiger partial charge in [0.25, 0.3) is 0 Å². The van der Waals surface area contributed by atoms with Crippen molar-refractivity contribution < 1.29 is 0 Å². The zero-order valence-electron chi connectivity index (χ0n) is 11.4. The first-order valence-corrected chi connectivity index (χ1v) is 7.21. The van der Waals surface area contributed by atoms with Gasteiger partial charge in [-0.2, -0.15) is 0 Å². The second kappa shape index (κ2) is 4.47. The van der Waals surface area contributed by atoms with Crippen molar-refractivity contribution in [1.82, 2.24) is 20.2 Å². The summed E-state index contributed by atoms with van der Waals surface area (Å²) in [6, 6.07) is 6.71. The summed E-state index contributed by atoms with van der Waals surface area (Å²) in [7, 11) is 0. The molecule has 1 fully saturated rings. The molecule has 0 radical (unpaired) electrons. The van der Waals surface area contributed by atoms with Crippen molar-refractivity contribution in [3.63, 3.8) is 0 Å². The lowest BCUT2D eigenvalue weighted by atomic mass is 10.0. The van der Waals surface area contributed by atoms with E-state index in [-0.39, 0.29) is 0 Å². The normalized spacial score (nSPS) is 18.1. The first kappa shape index (κ1) is 11.7. The first-order chi connectivity index (χ1) is 9.81. The number of anilines is 2. The van der Waals surface area contributed by atoms with E-state index in [9.17, 15) is 0 Å². The predicted octanol–water partition coefficient (Wildman–Crippen LogP) is 1.54. The SMILES string of the molecule is Nc1ccc2c(c1)CCCN2Cc1nnnn1C1CC1. The lowest BCUT2D eigenvalue weighted by Gasteiger charge is -2.31. The molecule has 2 heterocycles. The second-order valence-corrected chi connectivity index (χ2v) is 5.68. The highest BCUT2D eigenvalue weighted by molar-refractivity contribution is 5.61. The highest BCUT2D eigenvalue weighted by Crippen LogP contribution is 2.35.